The number of hydrogen-bond donors (Lipinski definition) is 0. The lowest BCUT2D eigenvalue weighted by Gasteiger charge is -2.32. The van der Waals surface area contributed by atoms with Gasteiger partial charge in [0.2, 0.25) is 0 Å². The van der Waals surface area contributed by atoms with E-state index in [0.717, 1.165) is 61.5 Å². The van der Waals surface area contributed by atoms with Gasteiger partial charge in [0.05, 0.1) is 12.2 Å². The summed E-state index contributed by atoms with van der Waals surface area (Å²) in [6, 6.07) is 8.89. The van der Waals surface area contributed by atoms with E-state index in [1.54, 1.807) is 12.5 Å². The third-order valence-corrected chi connectivity index (χ3v) is 6.80. The number of fused-ring (bicyclic) bond motifs is 3. The van der Waals surface area contributed by atoms with Crippen molar-refractivity contribution in [3.8, 4) is 5.69 Å². The zero-order valence-corrected chi connectivity index (χ0v) is 17.5. The highest BCUT2D eigenvalue weighted by atomic mass is 35.5. The molecule has 154 valence electrons. The van der Waals surface area contributed by atoms with Crippen LogP contribution in [0, 0.1) is 0 Å². The lowest BCUT2D eigenvalue weighted by atomic mass is 9.95. The molecule has 2 aliphatic heterocycles. The Hall–Kier alpha value is -2.51. The molecule has 4 heterocycles. The fourth-order valence-electron chi connectivity index (χ4n) is 4.85. The van der Waals surface area contributed by atoms with Crippen molar-refractivity contribution in [3.05, 3.63) is 59.0 Å². The van der Waals surface area contributed by atoms with E-state index in [2.05, 4.69) is 41.6 Å². The molecule has 0 amide bonds. The second kappa shape index (κ2) is 7.32. The van der Waals surface area contributed by atoms with Crippen LogP contribution in [0.2, 0.25) is 5.02 Å². The first-order valence-corrected chi connectivity index (χ1v) is 11.1. The van der Waals surface area contributed by atoms with Crippen molar-refractivity contribution in [1.29, 1.82) is 0 Å². The highest BCUT2D eigenvalue weighted by molar-refractivity contribution is 6.30. The molecule has 0 spiro atoms. The van der Waals surface area contributed by atoms with Gasteiger partial charge in [0.15, 0.2) is 5.82 Å². The average Bonchev–Trinajstić information content (AvgIpc) is 3.57. The summed E-state index contributed by atoms with van der Waals surface area (Å²) in [6.45, 7) is 3.70. The molecule has 8 heteroatoms. The minimum Gasteiger partial charge on any atom is -0.356 e. The lowest BCUT2D eigenvalue weighted by Crippen LogP contribution is -2.34. The zero-order valence-electron chi connectivity index (χ0n) is 16.8. The molecule has 0 N–H and O–H groups in total. The fourth-order valence-corrected chi connectivity index (χ4v) is 5.04. The summed E-state index contributed by atoms with van der Waals surface area (Å²) in [6.07, 6.45) is 8.06. The zero-order chi connectivity index (χ0) is 20.1. The molecule has 30 heavy (non-hydrogen) atoms. The van der Waals surface area contributed by atoms with E-state index in [4.69, 9.17) is 16.7 Å². The van der Waals surface area contributed by atoms with Crippen LogP contribution in [0.3, 0.4) is 0 Å². The molecule has 2 aromatic heterocycles. The van der Waals surface area contributed by atoms with E-state index in [1.807, 2.05) is 12.1 Å². The minimum absolute atomic E-state index is 0.389. The number of benzene rings is 1. The van der Waals surface area contributed by atoms with E-state index in [-0.39, 0.29) is 0 Å². The van der Waals surface area contributed by atoms with Gasteiger partial charge in [-0.25, -0.2) is 9.97 Å². The predicted octanol–water partition coefficient (Wildman–Crippen LogP) is 3.57. The molecule has 3 aromatic rings. The highest BCUT2D eigenvalue weighted by Gasteiger charge is 2.35. The Labute approximate surface area is 180 Å². The van der Waals surface area contributed by atoms with Crippen molar-refractivity contribution in [3.63, 3.8) is 0 Å². The second-order valence-electron chi connectivity index (χ2n) is 8.55. The summed E-state index contributed by atoms with van der Waals surface area (Å²) in [7, 11) is 0. The van der Waals surface area contributed by atoms with Crippen molar-refractivity contribution in [2.75, 3.05) is 18.0 Å². The lowest BCUT2D eigenvalue weighted by molar-refractivity contribution is 0.243. The van der Waals surface area contributed by atoms with Crippen LogP contribution in [-0.4, -0.2) is 48.8 Å². The van der Waals surface area contributed by atoms with Crippen molar-refractivity contribution in [1.82, 2.24) is 29.6 Å². The van der Waals surface area contributed by atoms with Gasteiger partial charge in [-0.15, -0.1) is 10.2 Å². The summed E-state index contributed by atoms with van der Waals surface area (Å²) in [5, 5.41) is 10.2. The number of halogens is 1. The van der Waals surface area contributed by atoms with Crippen LogP contribution in [-0.2, 0) is 13.1 Å². The molecule has 6 rings (SSSR count). The number of anilines is 1. The highest BCUT2D eigenvalue weighted by Crippen LogP contribution is 2.37. The van der Waals surface area contributed by atoms with Crippen LogP contribution in [0.25, 0.3) is 5.69 Å². The van der Waals surface area contributed by atoms with Crippen molar-refractivity contribution in [2.45, 2.75) is 50.7 Å². The maximum atomic E-state index is 6.36. The van der Waals surface area contributed by atoms with Crippen molar-refractivity contribution < 1.29 is 0 Å². The summed E-state index contributed by atoms with van der Waals surface area (Å²) in [5.41, 5.74) is 2.46. The monoisotopic (exact) mass is 421 g/mol. The Balaban J connectivity index is 1.32. The number of nitrogens with zero attached hydrogens (tertiary/aromatic N) is 7. The van der Waals surface area contributed by atoms with Crippen LogP contribution in [0.5, 0.6) is 0 Å². The smallest absolute Gasteiger partial charge is 0.151 e. The topological polar surface area (TPSA) is 63.0 Å². The largest absolute Gasteiger partial charge is 0.356 e. The molecule has 0 atom stereocenters. The van der Waals surface area contributed by atoms with E-state index in [9.17, 15) is 0 Å². The van der Waals surface area contributed by atoms with Crippen LogP contribution < -0.4 is 4.90 Å². The summed E-state index contributed by atoms with van der Waals surface area (Å²) < 4.78 is 2.32. The van der Waals surface area contributed by atoms with Gasteiger partial charge in [-0.3, -0.25) is 9.47 Å². The van der Waals surface area contributed by atoms with E-state index in [0.29, 0.717) is 12.0 Å². The molecule has 7 nitrogen and oxygen atoms in total. The van der Waals surface area contributed by atoms with Gasteiger partial charge in [-0.2, -0.15) is 0 Å². The van der Waals surface area contributed by atoms with Crippen molar-refractivity contribution in [2.24, 2.45) is 0 Å². The molecule has 0 bridgehead atoms. The fraction of sp³-hybridized carbons (Fsp3) is 0.455. The number of rotatable bonds is 3. The SMILES string of the molecule is Clc1ccc2c(c1)CN(C1CC1)Cc1nnc(C3CCN(c4ccncn4)CC3)n1-2. The molecular formula is C22H24ClN7. The normalized spacial score (nSPS) is 20.0. The first-order chi connectivity index (χ1) is 14.8. The maximum absolute atomic E-state index is 6.36. The van der Waals surface area contributed by atoms with Crippen LogP contribution in [0.1, 0.15) is 48.8 Å². The average molecular weight is 422 g/mol. The Morgan fingerprint density at radius 2 is 1.83 bits per heavy atom. The van der Waals surface area contributed by atoms with E-state index >= 15 is 0 Å². The van der Waals surface area contributed by atoms with Gasteiger partial charge in [-0.1, -0.05) is 11.6 Å². The number of hydrogen-bond acceptors (Lipinski definition) is 6. The molecule has 1 aliphatic carbocycles. The third-order valence-electron chi connectivity index (χ3n) is 6.57. The Morgan fingerprint density at radius 3 is 2.60 bits per heavy atom. The van der Waals surface area contributed by atoms with Crippen molar-refractivity contribution >= 4 is 17.4 Å². The standard InChI is InChI=1S/C22H24ClN7/c23-17-1-4-19-16(11-17)12-29(18-2-3-18)13-21-26-27-22(30(19)21)15-6-9-28(10-7-15)20-5-8-24-14-25-20/h1,4-5,8,11,14-15,18H,2-3,6-7,9-10,12-13H2. The number of piperidine rings is 1. The van der Waals surface area contributed by atoms with E-state index < -0.39 is 0 Å². The first kappa shape index (κ1) is 18.3. The van der Waals surface area contributed by atoms with Gasteiger partial charge in [0.1, 0.15) is 18.0 Å². The van der Waals surface area contributed by atoms with Gasteiger partial charge < -0.3 is 4.90 Å². The molecule has 0 radical (unpaired) electrons. The molecule has 3 aliphatic rings. The quantitative estimate of drug-likeness (QED) is 0.644. The summed E-state index contributed by atoms with van der Waals surface area (Å²) in [4.78, 5) is 13.3. The third kappa shape index (κ3) is 3.26. The predicted molar refractivity (Wildman–Crippen MR) is 115 cm³/mol. The van der Waals surface area contributed by atoms with Gasteiger partial charge >= 0.3 is 0 Å². The van der Waals surface area contributed by atoms with Crippen LogP contribution in [0.4, 0.5) is 5.82 Å². The summed E-state index contributed by atoms with van der Waals surface area (Å²) in [5.74, 6) is 3.54. The molecule has 1 aromatic carbocycles. The van der Waals surface area contributed by atoms with Gasteiger partial charge in [0, 0.05) is 42.8 Å². The molecule has 1 saturated heterocycles. The van der Waals surface area contributed by atoms with Gasteiger partial charge in [0.25, 0.3) is 0 Å². The Morgan fingerprint density at radius 1 is 0.967 bits per heavy atom. The molecule has 0 unspecified atom stereocenters. The first-order valence-electron chi connectivity index (χ1n) is 10.7. The summed E-state index contributed by atoms with van der Waals surface area (Å²) >= 11 is 6.36. The van der Waals surface area contributed by atoms with Crippen LogP contribution >= 0.6 is 11.6 Å². The molecule has 1 saturated carbocycles. The number of aromatic nitrogens is 5. The van der Waals surface area contributed by atoms with Crippen LogP contribution in [0.15, 0.2) is 36.8 Å². The second-order valence-corrected chi connectivity index (χ2v) is 8.98. The maximum Gasteiger partial charge on any atom is 0.151 e. The minimum atomic E-state index is 0.389. The molecular weight excluding hydrogens is 398 g/mol. The van der Waals surface area contributed by atoms with Gasteiger partial charge in [-0.05, 0) is 55.5 Å². The molecule has 2 fully saturated rings. The Bertz CT molecular complexity index is 1050. The van der Waals surface area contributed by atoms with E-state index in [1.165, 1.54) is 24.1 Å². The Kier molecular flexibility index (Phi) is 4.46.